The molecule has 8 heteroatoms. The fraction of sp³-hybridized carbons (Fsp3) is 0.111. The first-order valence-corrected chi connectivity index (χ1v) is 7.71. The normalized spacial score (nSPS) is 11.4. The number of ether oxygens (including phenoxy) is 1. The SMILES string of the molecule is COC(=O)/C(=C/c1ccc(F)cc1)Cn1nnn(-c2ccccc2)c1=O. The number of esters is 1. The highest BCUT2D eigenvalue weighted by atomic mass is 19.1. The molecule has 0 saturated carbocycles. The maximum absolute atomic E-state index is 13.0. The molecule has 0 unspecified atom stereocenters. The van der Waals surface area contributed by atoms with Gasteiger partial charge in [-0.05, 0) is 46.3 Å². The van der Waals surface area contributed by atoms with E-state index in [1.54, 1.807) is 24.3 Å². The third-order valence-electron chi connectivity index (χ3n) is 3.62. The highest BCUT2D eigenvalue weighted by Crippen LogP contribution is 2.11. The van der Waals surface area contributed by atoms with Gasteiger partial charge in [-0.1, -0.05) is 30.3 Å². The van der Waals surface area contributed by atoms with Gasteiger partial charge in [-0.2, -0.15) is 9.36 Å². The van der Waals surface area contributed by atoms with Gasteiger partial charge in [0.25, 0.3) is 0 Å². The minimum atomic E-state index is -0.615. The van der Waals surface area contributed by atoms with Crippen LogP contribution in [0.1, 0.15) is 5.56 Å². The van der Waals surface area contributed by atoms with Gasteiger partial charge >= 0.3 is 11.7 Å². The molecule has 0 saturated heterocycles. The second kappa shape index (κ2) is 7.56. The van der Waals surface area contributed by atoms with Crippen LogP contribution in [0.25, 0.3) is 11.8 Å². The van der Waals surface area contributed by atoms with Gasteiger partial charge in [0, 0.05) is 0 Å². The number of aromatic nitrogens is 4. The number of hydrogen-bond donors (Lipinski definition) is 0. The quantitative estimate of drug-likeness (QED) is 0.516. The monoisotopic (exact) mass is 354 g/mol. The van der Waals surface area contributed by atoms with Gasteiger partial charge in [0.15, 0.2) is 0 Å². The Morgan fingerprint density at radius 1 is 1.12 bits per heavy atom. The lowest BCUT2D eigenvalue weighted by Gasteiger charge is -2.05. The number of tetrazole rings is 1. The Balaban J connectivity index is 1.93. The minimum absolute atomic E-state index is 0.129. The Bertz CT molecular complexity index is 991. The van der Waals surface area contributed by atoms with Crippen LogP contribution in [-0.2, 0) is 16.1 Å². The molecule has 132 valence electrons. The molecule has 0 atom stereocenters. The van der Waals surface area contributed by atoms with Crippen molar-refractivity contribution in [1.82, 2.24) is 19.8 Å². The molecule has 2 aromatic carbocycles. The predicted octanol–water partition coefficient (Wildman–Crippen LogP) is 1.82. The van der Waals surface area contributed by atoms with Crippen molar-refractivity contribution in [2.75, 3.05) is 7.11 Å². The first-order valence-electron chi connectivity index (χ1n) is 7.71. The summed E-state index contributed by atoms with van der Waals surface area (Å²) in [6.45, 7) is -0.129. The summed E-state index contributed by atoms with van der Waals surface area (Å²) in [7, 11) is 1.24. The summed E-state index contributed by atoms with van der Waals surface area (Å²) in [6, 6.07) is 14.4. The number of carbonyl (C=O) groups is 1. The third-order valence-corrected chi connectivity index (χ3v) is 3.62. The molecule has 0 amide bonds. The molecule has 0 N–H and O–H groups in total. The zero-order chi connectivity index (χ0) is 18.5. The number of methoxy groups -OCH3 is 1. The van der Waals surface area contributed by atoms with E-state index in [9.17, 15) is 14.0 Å². The van der Waals surface area contributed by atoms with E-state index in [0.717, 1.165) is 9.36 Å². The van der Waals surface area contributed by atoms with Crippen LogP contribution in [0.15, 0.2) is 65.0 Å². The highest BCUT2D eigenvalue weighted by Gasteiger charge is 2.15. The van der Waals surface area contributed by atoms with Gasteiger partial charge in [-0.25, -0.2) is 14.0 Å². The summed E-state index contributed by atoms with van der Waals surface area (Å²) < 4.78 is 20.0. The number of halogens is 1. The number of hydrogen-bond acceptors (Lipinski definition) is 5. The van der Waals surface area contributed by atoms with Crippen LogP contribution in [0.5, 0.6) is 0 Å². The molecule has 0 aliphatic heterocycles. The topological polar surface area (TPSA) is 79.0 Å². The summed E-state index contributed by atoms with van der Waals surface area (Å²) in [4.78, 5) is 24.5. The summed E-state index contributed by atoms with van der Waals surface area (Å²) in [5, 5.41) is 7.64. The molecular weight excluding hydrogens is 339 g/mol. The Morgan fingerprint density at radius 2 is 1.81 bits per heavy atom. The van der Waals surface area contributed by atoms with Gasteiger partial charge in [0.05, 0.1) is 24.9 Å². The number of para-hydroxylation sites is 1. The summed E-state index contributed by atoms with van der Waals surface area (Å²) in [5.41, 5.74) is 0.840. The Labute approximate surface area is 147 Å². The predicted molar refractivity (Wildman–Crippen MR) is 92.0 cm³/mol. The van der Waals surface area contributed by atoms with Crippen LogP contribution in [0.3, 0.4) is 0 Å². The molecule has 0 spiro atoms. The zero-order valence-electron chi connectivity index (χ0n) is 13.9. The van der Waals surface area contributed by atoms with Gasteiger partial charge in [0.2, 0.25) is 0 Å². The smallest absolute Gasteiger partial charge is 0.368 e. The van der Waals surface area contributed by atoms with Crippen molar-refractivity contribution in [3.8, 4) is 5.69 Å². The Hall–Kier alpha value is -3.55. The van der Waals surface area contributed by atoms with E-state index < -0.39 is 11.7 Å². The van der Waals surface area contributed by atoms with Crippen molar-refractivity contribution >= 4 is 12.0 Å². The average Bonchev–Trinajstić information content (AvgIpc) is 3.03. The van der Waals surface area contributed by atoms with Crippen LogP contribution in [0, 0.1) is 5.82 Å². The van der Waals surface area contributed by atoms with Crippen LogP contribution >= 0.6 is 0 Å². The molecule has 0 bridgehead atoms. The molecule has 3 aromatic rings. The summed E-state index contributed by atoms with van der Waals surface area (Å²) in [5.74, 6) is -1.00. The van der Waals surface area contributed by atoms with Crippen molar-refractivity contribution in [2.45, 2.75) is 6.54 Å². The van der Waals surface area contributed by atoms with E-state index in [4.69, 9.17) is 4.74 Å². The van der Waals surface area contributed by atoms with Crippen LogP contribution in [-0.4, -0.2) is 32.9 Å². The van der Waals surface area contributed by atoms with E-state index in [-0.39, 0.29) is 17.9 Å². The maximum atomic E-state index is 13.0. The van der Waals surface area contributed by atoms with Gasteiger partial charge < -0.3 is 4.74 Å². The van der Waals surface area contributed by atoms with Crippen molar-refractivity contribution in [1.29, 1.82) is 0 Å². The molecular formula is C18H15FN4O3. The molecule has 26 heavy (non-hydrogen) atoms. The van der Waals surface area contributed by atoms with E-state index in [0.29, 0.717) is 11.3 Å². The second-order valence-electron chi connectivity index (χ2n) is 5.38. The van der Waals surface area contributed by atoms with Crippen molar-refractivity contribution in [2.24, 2.45) is 0 Å². The summed E-state index contributed by atoms with van der Waals surface area (Å²) >= 11 is 0. The maximum Gasteiger partial charge on any atom is 0.368 e. The van der Waals surface area contributed by atoms with E-state index in [2.05, 4.69) is 10.4 Å². The van der Waals surface area contributed by atoms with E-state index in [1.807, 2.05) is 6.07 Å². The number of rotatable bonds is 5. The van der Waals surface area contributed by atoms with Crippen molar-refractivity contribution in [3.05, 3.63) is 82.0 Å². The van der Waals surface area contributed by atoms with Crippen LogP contribution < -0.4 is 5.69 Å². The molecule has 0 aliphatic carbocycles. The molecule has 0 fully saturated rings. The minimum Gasteiger partial charge on any atom is -0.466 e. The Morgan fingerprint density at radius 3 is 2.46 bits per heavy atom. The molecule has 1 heterocycles. The van der Waals surface area contributed by atoms with Crippen molar-refractivity contribution < 1.29 is 13.9 Å². The largest absolute Gasteiger partial charge is 0.466 e. The molecule has 0 radical (unpaired) electrons. The zero-order valence-corrected chi connectivity index (χ0v) is 13.9. The van der Waals surface area contributed by atoms with Gasteiger partial charge in [-0.3, -0.25) is 0 Å². The first-order chi connectivity index (χ1) is 12.6. The van der Waals surface area contributed by atoms with Crippen LogP contribution in [0.4, 0.5) is 4.39 Å². The molecule has 3 rings (SSSR count). The molecule has 0 aliphatic rings. The fourth-order valence-corrected chi connectivity index (χ4v) is 2.33. The fourth-order valence-electron chi connectivity index (χ4n) is 2.33. The number of benzene rings is 2. The lowest BCUT2D eigenvalue weighted by Crippen LogP contribution is -2.26. The van der Waals surface area contributed by atoms with Gasteiger partial charge in [0.1, 0.15) is 5.82 Å². The average molecular weight is 354 g/mol. The Kier molecular flexibility index (Phi) is 5.02. The van der Waals surface area contributed by atoms with Gasteiger partial charge in [-0.15, -0.1) is 0 Å². The van der Waals surface area contributed by atoms with Crippen molar-refractivity contribution in [3.63, 3.8) is 0 Å². The number of nitrogens with zero attached hydrogens (tertiary/aromatic N) is 4. The lowest BCUT2D eigenvalue weighted by atomic mass is 10.1. The second-order valence-corrected chi connectivity index (χ2v) is 5.38. The third kappa shape index (κ3) is 3.75. The molecule has 1 aromatic heterocycles. The highest BCUT2D eigenvalue weighted by molar-refractivity contribution is 5.93. The first kappa shape index (κ1) is 17.3. The van der Waals surface area contributed by atoms with Crippen LogP contribution in [0.2, 0.25) is 0 Å². The molecule has 7 nitrogen and oxygen atoms in total. The summed E-state index contributed by atoms with van der Waals surface area (Å²) in [6.07, 6.45) is 1.51. The van der Waals surface area contributed by atoms with E-state index in [1.165, 1.54) is 37.5 Å². The number of carbonyl (C=O) groups excluding carboxylic acids is 1. The lowest BCUT2D eigenvalue weighted by molar-refractivity contribution is -0.136. The standard InChI is InChI=1S/C18H15FN4O3/c1-26-17(24)14(11-13-7-9-15(19)10-8-13)12-22-18(25)23(21-20-22)16-5-3-2-4-6-16/h2-11H,12H2,1H3/b14-11+. The van der Waals surface area contributed by atoms with E-state index >= 15 is 0 Å².